The number of amides is 2. The Kier molecular flexibility index (Phi) is 12.4. The number of carbonyl (C=O) groups is 2. The minimum absolute atomic E-state index is 0.0433. The average molecular weight is 572 g/mol. The SMILES string of the molecule is CCCCN(C(=O)[C@H](N)[C@H](O)C1CCCCC1)C1(C(=O)NCCN2CCOCC2)CCN(Cc2ccccc2)CC1. The Labute approximate surface area is 246 Å². The lowest BCUT2D eigenvalue weighted by molar-refractivity contribution is -0.155. The van der Waals surface area contributed by atoms with Crippen LogP contribution in [0.1, 0.15) is 70.3 Å². The molecule has 3 fully saturated rings. The van der Waals surface area contributed by atoms with Gasteiger partial charge in [-0.3, -0.25) is 19.4 Å². The van der Waals surface area contributed by atoms with Crippen molar-refractivity contribution in [3.8, 4) is 0 Å². The van der Waals surface area contributed by atoms with Crippen molar-refractivity contribution in [2.24, 2.45) is 11.7 Å². The summed E-state index contributed by atoms with van der Waals surface area (Å²) < 4.78 is 5.46. The standard InChI is InChI=1S/C32H53N5O4/c1-2-3-17-37(30(39)28(33)29(38)27-12-8-5-9-13-27)32(31(40)34-16-20-35-21-23-41-24-22-35)14-18-36(19-15-32)25-26-10-6-4-7-11-26/h4,6-7,10-11,27-29,38H,2-3,5,8-9,12-25,33H2,1H3,(H,34,40)/t28-,29-/m1/s1. The molecular formula is C32H53N5O4. The van der Waals surface area contributed by atoms with E-state index in [4.69, 9.17) is 10.5 Å². The molecule has 4 rings (SSSR count). The first-order valence-corrected chi connectivity index (χ1v) is 16.0. The molecule has 2 saturated heterocycles. The third kappa shape index (κ3) is 8.51. The summed E-state index contributed by atoms with van der Waals surface area (Å²) in [7, 11) is 0. The van der Waals surface area contributed by atoms with Crippen molar-refractivity contribution in [2.75, 3.05) is 59.0 Å². The number of carbonyl (C=O) groups excluding carboxylic acids is 2. The van der Waals surface area contributed by atoms with Gasteiger partial charge in [0.05, 0.1) is 19.3 Å². The van der Waals surface area contributed by atoms with Gasteiger partial charge in [-0.2, -0.15) is 0 Å². The number of nitrogens with one attached hydrogen (secondary N) is 1. The molecule has 1 aromatic carbocycles. The highest BCUT2D eigenvalue weighted by atomic mass is 16.5. The van der Waals surface area contributed by atoms with Crippen molar-refractivity contribution in [1.29, 1.82) is 0 Å². The summed E-state index contributed by atoms with van der Waals surface area (Å²) in [6.07, 6.45) is 7.00. The van der Waals surface area contributed by atoms with Crippen LogP contribution in [0.25, 0.3) is 0 Å². The molecule has 0 aromatic heterocycles. The molecule has 1 aliphatic carbocycles. The highest BCUT2D eigenvalue weighted by Gasteiger charge is 2.49. The van der Waals surface area contributed by atoms with Crippen LogP contribution in [-0.4, -0.2) is 108 Å². The number of hydrogen-bond acceptors (Lipinski definition) is 7. The lowest BCUT2D eigenvalue weighted by Gasteiger charge is -2.49. The maximum atomic E-state index is 14.2. The maximum Gasteiger partial charge on any atom is 0.246 e. The molecule has 0 bridgehead atoms. The first-order chi connectivity index (χ1) is 19.9. The van der Waals surface area contributed by atoms with Crippen LogP contribution in [-0.2, 0) is 20.9 Å². The van der Waals surface area contributed by atoms with Gasteiger partial charge in [0, 0.05) is 52.4 Å². The van der Waals surface area contributed by atoms with E-state index in [2.05, 4.69) is 46.3 Å². The van der Waals surface area contributed by atoms with Gasteiger partial charge in [0.25, 0.3) is 0 Å². The van der Waals surface area contributed by atoms with E-state index in [1.807, 2.05) is 6.07 Å². The summed E-state index contributed by atoms with van der Waals surface area (Å²) in [5, 5.41) is 14.4. The van der Waals surface area contributed by atoms with Crippen LogP contribution in [0.3, 0.4) is 0 Å². The predicted octanol–water partition coefficient (Wildman–Crippen LogP) is 2.37. The second-order valence-electron chi connectivity index (χ2n) is 12.3. The topological polar surface area (TPSA) is 111 Å². The average Bonchev–Trinajstić information content (AvgIpc) is 3.02. The normalized spacial score (nSPS) is 22.1. The molecule has 2 atom stereocenters. The molecule has 41 heavy (non-hydrogen) atoms. The van der Waals surface area contributed by atoms with Crippen LogP contribution in [0.2, 0.25) is 0 Å². The zero-order valence-corrected chi connectivity index (χ0v) is 25.1. The van der Waals surface area contributed by atoms with E-state index in [0.29, 0.717) is 39.0 Å². The van der Waals surface area contributed by atoms with Crippen molar-refractivity contribution in [2.45, 2.75) is 88.9 Å². The Hall–Kier alpha value is -2.04. The Balaban J connectivity index is 1.51. The molecule has 9 heteroatoms. The molecule has 0 radical (unpaired) electrons. The molecule has 4 N–H and O–H groups in total. The molecule has 2 amide bonds. The molecule has 230 valence electrons. The number of ether oxygens (including phenoxy) is 1. The van der Waals surface area contributed by atoms with Crippen LogP contribution in [0.5, 0.6) is 0 Å². The number of nitrogens with two attached hydrogens (primary N) is 1. The van der Waals surface area contributed by atoms with E-state index in [1.165, 1.54) is 12.0 Å². The number of hydrogen-bond donors (Lipinski definition) is 3. The summed E-state index contributed by atoms with van der Waals surface area (Å²) in [4.78, 5) is 34.8. The Bertz CT molecular complexity index is 927. The highest BCUT2D eigenvalue weighted by Crippen LogP contribution is 2.33. The quantitative estimate of drug-likeness (QED) is 0.333. The number of aliphatic hydroxyl groups excluding tert-OH is 1. The van der Waals surface area contributed by atoms with Gasteiger partial charge < -0.3 is 25.8 Å². The summed E-state index contributed by atoms with van der Waals surface area (Å²) in [6.45, 7) is 9.25. The second-order valence-corrected chi connectivity index (χ2v) is 12.3. The number of likely N-dealkylation sites (tertiary alicyclic amines) is 1. The van der Waals surface area contributed by atoms with Gasteiger partial charge in [0.1, 0.15) is 11.6 Å². The summed E-state index contributed by atoms with van der Waals surface area (Å²) in [5.74, 6) is -0.327. The van der Waals surface area contributed by atoms with Crippen molar-refractivity contribution in [3.63, 3.8) is 0 Å². The summed E-state index contributed by atoms with van der Waals surface area (Å²) >= 11 is 0. The minimum atomic E-state index is -1.02. The van der Waals surface area contributed by atoms with Gasteiger partial charge in [-0.25, -0.2) is 0 Å². The molecule has 1 aromatic rings. The van der Waals surface area contributed by atoms with Crippen LogP contribution in [0, 0.1) is 5.92 Å². The molecule has 0 spiro atoms. The smallest absolute Gasteiger partial charge is 0.246 e. The summed E-state index contributed by atoms with van der Waals surface area (Å²) in [6, 6.07) is 9.36. The van der Waals surface area contributed by atoms with Crippen LogP contribution >= 0.6 is 0 Å². The van der Waals surface area contributed by atoms with Crippen LogP contribution in [0.4, 0.5) is 0 Å². The van der Waals surface area contributed by atoms with Crippen molar-refractivity contribution >= 4 is 11.8 Å². The van der Waals surface area contributed by atoms with E-state index in [0.717, 1.165) is 77.9 Å². The van der Waals surface area contributed by atoms with E-state index < -0.39 is 17.7 Å². The predicted molar refractivity (Wildman–Crippen MR) is 161 cm³/mol. The first kappa shape index (κ1) is 31.9. The Morgan fingerprint density at radius 1 is 1.07 bits per heavy atom. The van der Waals surface area contributed by atoms with E-state index in [1.54, 1.807) is 4.90 Å². The van der Waals surface area contributed by atoms with Gasteiger partial charge in [-0.1, -0.05) is 62.9 Å². The van der Waals surface area contributed by atoms with Gasteiger partial charge in [-0.15, -0.1) is 0 Å². The maximum absolute atomic E-state index is 14.2. The van der Waals surface area contributed by atoms with Gasteiger partial charge in [-0.05, 0) is 43.6 Å². The fourth-order valence-corrected chi connectivity index (χ4v) is 6.81. The van der Waals surface area contributed by atoms with Crippen molar-refractivity contribution in [3.05, 3.63) is 35.9 Å². The number of piperidine rings is 1. The molecule has 9 nitrogen and oxygen atoms in total. The minimum Gasteiger partial charge on any atom is -0.391 e. The monoisotopic (exact) mass is 571 g/mol. The fraction of sp³-hybridized carbons (Fsp3) is 0.750. The largest absolute Gasteiger partial charge is 0.391 e. The number of morpholine rings is 1. The van der Waals surface area contributed by atoms with E-state index >= 15 is 0 Å². The summed E-state index contributed by atoms with van der Waals surface area (Å²) in [5.41, 5.74) is 6.82. The number of aliphatic hydroxyl groups is 1. The molecule has 3 aliphatic rings. The number of rotatable bonds is 13. The van der Waals surface area contributed by atoms with Gasteiger partial charge in [0.15, 0.2) is 0 Å². The second kappa shape index (κ2) is 16.0. The lowest BCUT2D eigenvalue weighted by atomic mass is 9.80. The molecule has 1 saturated carbocycles. The number of nitrogens with zero attached hydrogens (tertiary/aromatic N) is 3. The highest BCUT2D eigenvalue weighted by molar-refractivity contribution is 5.93. The van der Waals surface area contributed by atoms with Crippen LogP contribution < -0.4 is 11.1 Å². The van der Waals surface area contributed by atoms with Crippen molar-refractivity contribution in [1.82, 2.24) is 20.0 Å². The van der Waals surface area contributed by atoms with E-state index in [-0.39, 0.29) is 17.7 Å². The molecule has 2 heterocycles. The fourth-order valence-electron chi connectivity index (χ4n) is 6.81. The van der Waals surface area contributed by atoms with Gasteiger partial charge >= 0.3 is 0 Å². The zero-order valence-electron chi connectivity index (χ0n) is 25.1. The number of benzene rings is 1. The zero-order chi connectivity index (χ0) is 29.1. The third-order valence-corrected chi connectivity index (χ3v) is 9.48. The Morgan fingerprint density at radius 2 is 1.76 bits per heavy atom. The molecule has 2 aliphatic heterocycles. The Morgan fingerprint density at radius 3 is 2.41 bits per heavy atom. The van der Waals surface area contributed by atoms with Gasteiger partial charge in [0.2, 0.25) is 11.8 Å². The van der Waals surface area contributed by atoms with E-state index in [9.17, 15) is 14.7 Å². The first-order valence-electron chi connectivity index (χ1n) is 16.0. The van der Waals surface area contributed by atoms with Crippen molar-refractivity contribution < 1.29 is 19.4 Å². The lowest BCUT2D eigenvalue weighted by Crippen LogP contribution is -2.68. The van der Waals surface area contributed by atoms with Crippen LogP contribution in [0.15, 0.2) is 30.3 Å². The molecular weight excluding hydrogens is 518 g/mol. The number of unbranched alkanes of at least 4 members (excludes halogenated alkanes) is 1. The third-order valence-electron chi connectivity index (χ3n) is 9.48. The molecule has 0 unspecified atom stereocenters.